The zero-order valence-corrected chi connectivity index (χ0v) is 9.22. The second-order valence-corrected chi connectivity index (χ2v) is 4.08. The Bertz CT molecular complexity index is 447. The summed E-state index contributed by atoms with van der Waals surface area (Å²) in [5.74, 6) is 0.115. The monoisotopic (exact) mass is 241 g/mol. The molecule has 1 aromatic heterocycles. The topological polar surface area (TPSA) is 58.0 Å². The van der Waals surface area contributed by atoms with Crippen molar-refractivity contribution in [3.8, 4) is 5.75 Å². The quantitative estimate of drug-likeness (QED) is 0.867. The number of rotatable bonds is 3. The number of nitrogens with one attached hydrogen (secondary N) is 1. The summed E-state index contributed by atoms with van der Waals surface area (Å²) in [6, 6.07) is 5.25. The fraction of sp³-hybridized carbons (Fsp3) is 0.111. The number of benzene rings is 1. The maximum absolute atomic E-state index is 9.63. The largest absolute Gasteiger partial charge is 0.506 e. The van der Waals surface area contributed by atoms with Gasteiger partial charge in [-0.3, -0.25) is 0 Å². The molecule has 2 aromatic rings. The number of para-hydroxylation sites is 1. The first-order valence-corrected chi connectivity index (χ1v) is 5.40. The summed E-state index contributed by atoms with van der Waals surface area (Å²) in [4.78, 5) is 0. The average molecular weight is 242 g/mol. The molecule has 15 heavy (non-hydrogen) atoms. The van der Waals surface area contributed by atoms with E-state index in [1.54, 1.807) is 18.3 Å². The van der Waals surface area contributed by atoms with Gasteiger partial charge in [-0.2, -0.15) is 0 Å². The van der Waals surface area contributed by atoms with E-state index in [1.165, 1.54) is 11.5 Å². The summed E-state index contributed by atoms with van der Waals surface area (Å²) < 4.78 is 3.72. The molecule has 0 aliphatic heterocycles. The van der Waals surface area contributed by atoms with Crippen LogP contribution in [0.25, 0.3) is 0 Å². The minimum absolute atomic E-state index is 0.115. The molecule has 2 N–H and O–H groups in total. The van der Waals surface area contributed by atoms with Crippen LogP contribution in [-0.2, 0) is 6.54 Å². The van der Waals surface area contributed by atoms with Crippen LogP contribution in [0.2, 0.25) is 5.02 Å². The highest BCUT2D eigenvalue weighted by atomic mass is 35.5. The normalized spacial score (nSPS) is 10.2. The number of hydrogen-bond donors (Lipinski definition) is 2. The molecule has 0 unspecified atom stereocenters. The lowest BCUT2D eigenvalue weighted by molar-refractivity contribution is 0.469. The second kappa shape index (κ2) is 4.46. The molecule has 0 aliphatic carbocycles. The Kier molecular flexibility index (Phi) is 3.03. The standard InChI is InChI=1S/C9H8ClN3OS/c10-7-3-1-2-6(9(7)14)4-11-8-5-12-13-15-8/h1-3,5,11,14H,4H2. The summed E-state index contributed by atoms with van der Waals surface area (Å²) >= 11 is 7.04. The van der Waals surface area contributed by atoms with Crippen molar-refractivity contribution in [3.05, 3.63) is 35.0 Å². The predicted molar refractivity (Wildman–Crippen MR) is 60.4 cm³/mol. The number of phenols is 1. The van der Waals surface area contributed by atoms with Gasteiger partial charge in [-0.05, 0) is 6.07 Å². The van der Waals surface area contributed by atoms with Gasteiger partial charge in [-0.1, -0.05) is 28.2 Å². The molecular formula is C9H8ClN3OS. The van der Waals surface area contributed by atoms with Crippen molar-refractivity contribution in [1.82, 2.24) is 9.59 Å². The van der Waals surface area contributed by atoms with Gasteiger partial charge >= 0.3 is 0 Å². The van der Waals surface area contributed by atoms with E-state index in [0.29, 0.717) is 11.6 Å². The van der Waals surface area contributed by atoms with Gasteiger partial charge in [0.2, 0.25) is 0 Å². The number of phenolic OH excluding ortho intramolecular Hbond substituents is 1. The molecule has 0 bridgehead atoms. The van der Waals surface area contributed by atoms with Crippen LogP contribution in [0.1, 0.15) is 5.56 Å². The lowest BCUT2D eigenvalue weighted by atomic mass is 10.2. The van der Waals surface area contributed by atoms with Crippen LogP contribution in [0.15, 0.2) is 24.4 Å². The fourth-order valence-electron chi connectivity index (χ4n) is 1.13. The van der Waals surface area contributed by atoms with Crippen LogP contribution >= 0.6 is 23.1 Å². The van der Waals surface area contributed by atoms with Crippen molar-refractivity contribution in [3.63, 3.8) is 0 Å². The van der Waals surface area contributed by atoms with Crippen molar-refractivity contribution >= 4 is 28.1 Å². The van der Waals surface area contributed by atoms with Gasteiger partial charge in [0, 0.05) is 23.6 Å². The van der Waals surface area contributed by atoms with Crippen molar-refractivity contribution in [2.75, 3.05) is 5.32 Å². The highest BCUT2D eigenvalue weighted by Crippen LogP contribution is 2.27. The Hall–Kier alpha value is -1.33. The minimum Gasteiger partial charge on any atom is -0.506 e. The predicted octanol–water partition coefficient (Wildman–Crippen LogP) is 2.51. The summed E-state index contributed by atoms with van der Waals surface area (Å²) in [5, 5.41) is 17.6. The Morgan fingerprint density at radius 1 is 1.47 bits per heavy atom. The third kappa shape index (κ3) is 2.37. The Labute approximate surface area is 95.7 Å². The van der Waals surface area contributed by atoms with Crippen LogP contribution < -0.4 is 5.32 Å². The molecule has 0 atom stereocenters. The first kappa shape index (κ1) is 10.2. The molecule has 2 rings (SSSR count). The van der Waals surface area contributed by atoms with E-state index in [2.05, 4.69) is 14.9 Å². The highest BCUT2D eigenvalue weighted by molar-refractivity contribution is 7.09. The molecule has 0 aliphatic rings. The van der Waals surface area contributed by atoms with Crippen molar-refractivity contribution in [2.24, 2.45) is 0 Å². The maximum atomic E-state index is 9.63. The van der Waals surface area contributed by atoms with Gasteiger partial charge in [0.15, 0.2) is 0 Å². The molecule has 4 nitrogen and oxygen atoms in total. The fourth-order valence-corrected chi connectivity index (χ4v) is 1.74. The molecule has 0 amide bonds. The van der Waals surface area contributed by atoms with Crippen LogP contribution in [0.3, 0.4) is 0 Å². The first-order chi connectivity index (χ1) is 7.27. The van der Waals surface area contributed by atoms with Crippen LogP contribution in [-0.4, -0.2) is 14.7 Å². The maximum Gasteiger partial charge on any atom is 0.139 e. The zero-order valence-electron chi connectivity index (χ0n) is 7.64. The molecule has 1 aromatic carbocycles. The Balaban J connectivity index is 2.08. The third-order valence-corrected chi connectivity index (χ3v) is 2.81. The van der Waals surface area contributed by atoms with Gasteiger partial charge < -0.3 is 10.4 Å². The molecule has 0 spiro atoms. The van der Waals surface area contributed by atoms with E-state index in [1.807, 2.05) is 6.07 Å². The molecule has 1 heterocycles. The molecule has 0 radical (unpaired) electrons. The van der Waals surface area contributed by atoms with E-state index in [4.69, 9.17) is 11.6 Å². The van der Waals surface area contributed by atoms with Crippen molar-refractivity contribution in [2.45, 2.75) is 6.54 Å². The van der Waals surface area contributed by atoms with Gasteiger partial charge in [0.1, 0.15) is 10.8 Å². The number of nitrogens with zero attached hydrogens (tertiary/aromatic N) is 2. The highest BCUT2D eigenvalue weighted by Gasteiger charge is 2.04. The number of anilines is 1. The van der Waals surface area contributed by atoms with E-state index in [-0.39, 0.29) is 5.75 Å². The van der Waals surface area contributed by atoms with Gasteiger partial charge in [0.05, 0.1) is 11.2 Å². The number of aromatic hydroxyl groups is 1. The van der Waals surface area contributed by atoms with Crippen LogP contribution in [0.5, 0.6) is 5.75 Å². The van der Waals surface area contributed by atoms with Gasteiger partial charge in [0.25, 0.3) is 0 Å². The first-order valence-electron chi connectivity index (χ1n) is 4.25. The summed E-state index contributed by atoms with van der Waals surface area (Å²) in [5.41, 5.74) is 0.746. The van der Waals surface area contributed by atoms with Crippen LogP contribution in [0, 0.1) is 0 Å². The smallest absolute Gasteiger partial charge is 0.139 e. The molecule has 0 fully saturated rings. The summed E-state index contributed by atoms with van der Waals surface area (Å²) in [7, 11) is 0. The van der Waals surface area contributed by atoms with E-state index >= 15 is 0 Å². The molecule has 78 valence electrons. The van der Waals surface area contributed by atoms with Gasteiger partial charge in [-0.15, -0.1) is 5.10 Å². The third-order valence-electron chi connectivity index (χ3n) is 1.88. The molecule has 0 saturated carbocycles. The number of hydrogen-bond acceptors (Lipinski definition) is 5. The zero-order chi connectivity index (χ0) is 10.7. The molecule has 6 heteroatoms. The molecular weight excluding hydrogens is 234 g/mol. The van der Waals surface area contributed by atoms with E-state index in [9.17, 15) is 5.11 Å². The summed E-state index contributed by atoms with van der Waals surface area (Å²) in [6.07, 6.45) is 1.63. The lowest BCUT2D eigenvalue weighted by Gasteiger charge is -2.06. The van der Waals surface area contributed by atoms with Crippen molar-refractivity contribution < 1.29 is 5.11 Å². The van der Waals surface area contributed by atoms with Gasteiger partial charge in [-0.25, -0.2) is 0 Å². The second-order valence-electron chi connectivity index (χ2n) is 2.88. The van der Waals surface area contributed by atoms with Crippen LogP contribution in [0.4, 0.5) is 5.00 Å². The Morgan fingerprint density at radius 3 is 3.07 bits per heavy atom. The summed E-state index contributed by atoms with van der Waals surface area (Å²) in [6.45, 7) is 0.496. The number of aromatic nitrogens is 2. The van der Waals surface area contributed by atoms with E-state index in [0.717, 1.165) is 10.6 Å². The van der Waals surface area contributed by atoms with Crippen molar-refractivity contribution in [1.29, 1.82) is 0 Å². The molecule has 0 saturated heterocycles. The Morgan fingerprint density at radius 2 is 2.33 bits per heavy atom. The number of halogens is 1. The SMILES string of the molecule is Oc1c(Cl)cccc1CNc1cnns1. The average Bonchev–Trinajstić information content (AvgIpc) is 2.73. The minimum atomic E-state index is 0.115. The van der Waals surface area contributed by atoms with E-state index < -0.39 is 0 Å². The lowest BCUT2D eigenvalue weighted by Crippen LogP contribution is -1.97.